The summed E-state index contributed by atoms with van der Waals surface area (Å²) in [7, 11) is 0. The second-order valence-corrected chi connectivity index (χ2v) is 8.80. The van der Waals surface area contributed by atoms with Crippen LogP contribution in [-0.4, -0.2) is 68.8 Å². The van der Waals surface area contributed by atoms with E-state index in [4.69, 9.17) is 17.3 Å². The fourth-order valence-electron chi connectivity index (χ4n) is 4.13. The average molecular weight is 448 g/mol. The molecule has 2 aliphatic rings. The van der Waals surface area contributed by atoms with Crippen molar-refractivity contribution in [1.82, 2.24) is 20.4 Å². The third-order valence-corrected chi connectivity index (χ3v) is 6.70. The third kappa shape index (κ3) is 4.69. The van der Waals surface area contributed by atoms with Crippen LogP contribution in [-0.2, 0) is 11.3 Å². The number of amides is 2. The van der Waals surface area contributed by atoms with Crippen molar-refractivity contribution >= 4 is 41.1 Å². The summed E-state index contributed by atoms with van der Waals surface area (Å²) in [6.45, 7) is 1.43. The van der Waals surface area contributed by atoms with E-state index in [0.717, 1.165) is 17.7 Å². The van der Waals surface area contributed by atoms with E-state index in [0.29, 0.717) is 38.0 Å². The standard InChI is InChI=1S/C20H25N5O3S2/c1-30-11-6-16-17(26)25(13-15-5-3-2-4-14(15)12-21)20(23-16)7-9-24(10-8-20)18(29)22-19(27)28/h2-5,16,23H,6-11,13H2,1H3,(H,22,29)(H,27,28). The second kappa shape index (κ2) is 9.64. The zero-order valence-electron chi connectivity index (χ0n) is 16.8. The van der Waals surface area contributed by atoms with Gasteiger partial charge in [-0.1, -0.05) is 18.2 Å². The van der Waals surface area contributed by atoms with E-state index in [-0.39, 0.29) is 17.1 Å². The molecule has 1 aromatic rings. The summed E-state index contributed by atoms with van der Waals surface area (Å²) < 4.78 is 0. The molecule has 2 fully saturated rings. The lowest BCUT2D eigenvalue weighted by molar-refractivity contribution is -0.134. The van der Waals surface area contributed by atoms with Gasteiger partial charge in [0.2, 0.25) is 5.91 Å². The van der Waals surface area contributed by atoms with Gasteiger partial charge in [-0.2, -0.15) is 17.0 Å². The Morgan fingerprint density at radius 2 is 2.13 bits per heavy atom. The first kappa shape index (κ1) is 22.3. The van der Waals surface area contributed by atoms with Crippen molar-refractivity contribution in [2.75, 3.05) is 25.1 Å². The zero-order chi connectivity index (χ0) is 21.7. The summed E-state index contributed by atoms with van der Waals surface area (Å²) in [6.07, 6.45) is 2.81. The molecule has 0 aromatic heterocycles. The molecule has 8 nitrogen and oxygen atoms in total. The van der Waals surface area contributed by atoms with Gasteiger partial charge in [0.1, 0.15) is 0 Å². The average Bonchev–Trinajstić information content (AvgIpc) is 2.98. The summed E-state index contributed by atoms with van der Waals surface area (Å²) in [5, 5.41) is 24.3. The Bertz CT molecular complexity index is 864. The molecule has 2 saturated heterocycles. The van der Waals surface area contributed by atoms with Crippen LogP contribution in [0.5, 0.6) is 0 Å². The van der Waals surface area contributed by atoms with Crippen LogP contribution in [0.1, 0.15) is 30.4 Å². The number of likely N-dealkylation sites (tertiary alicyclic amines) is 1. The van der Waals surface area contributed by atoms with Crippen molar-refractivity contribution in [2.24, 2.45) is 0 Å². The largest absolute Gasteiger partial charge is 0.465 e. The predicted molar refractivity (Wildman–Crippen MR) is 119 cm³/mol. The number of nitriles is 1. The number of carbonyl (C=O) groups excluding carboxylic acids is 1. The number of nitrogens with zero attached hydrogens (tertiary/aromatic N) is 3. The summed E-state index contributed by atoms with van der Waals surface area (Å²) in [6, 6.07) is 9.29. The number of rotatable bonds is 5. The molecule has 0 bridgehead atoms. The minimum Gasteiger partial charge on any atom is -0.465 e. The molecule has 1 spiro atoms. The van der Waals surface area contributed by atoms with Crippen molar-refractivity contribution in [3.8, 4) is 6.07 Å². The third-order valence-electron chi connectivity index (χ3n) is 5.69. The van der Waals surface area contributed by atoms with E-state index in [2.05, 4.69) is 16.7 Å². The molecule has 10 heteroatoms. The smallest absolute Gasteiger partial charge is 0.410 e. The van der Waals surface area contributed by atoms with Gasteiger partial charge in [-0.05, 0) is 42.3 Å². The molecule has 0 radical (unpaired) electrons. The highest BCUT2D eigenvalue weighted by Crippen LogP contribution is 2.35. The Hall–Kier alpha value is -2.35. The van der Waals surface area contributed by atoms with Crippen LogP contribution in [0.15, 0.2) is 24.3 Å². The first-order valence-electron chi connectivity index (χ1n) is 9.75. The molecule has 0 aliphatic carbocycles. The van der Waals surface area contributed by atoms with Gasteiger partial charge < -0.3 is 14.9 Å². The van der Waals surface area contributed by atoms with Crippen molar-refractivity contribution in [3.63, 3.8) is 0 Å². The number of benzene rings is 1. The van der Waals surface area contributed by atoms with Crippen LogP contribution in [0.2, 0.25) is 0 Å². The highest BCUT2D eigenvalue weighted by Gasteiger charge is 2.51. The molecule has 0 saturated carbocycles. The first-order valence-corrected chi connectivity index (χ1v) is 11.6. The SMILES string of the molecule is CSCCC1NC2(CCN(C(=S)NC(=O)O)CC2)N(Cc2ccccc2C#N)C1=O. The summed E-state index contributed by atoms with van der Waals surface area (Å²) in [5.41, 5.74) is 0.862. The van der Waals surface area contributed by atoms with Crippen molar-refractivity contribution in [2.45, 2.75) is 37.5 Å². The van der Waals surface area contributed by atoms with E-state index in [1.165, 1.54) is 0 Å². The van der Waals surface area contributed by atoms with E-state index < -0.39 is 11.8 Å². The number of thiocarbonyl (C=S) groups is 1. The zero-order valence-corrected chi connectivity index (χ0v) is 18.4. The molecule has 3 rings (SSSR count). The molecule has 1 unspecified atom stereocenters. The quantitative estimate of drug-likeness (QED) is 0.588. The molecule has 30 heavy (non-hydrogen) atoms. The molecule has 2 aliphatic heterocycles. The highest BCUT2D eigenvalue weighted by molar-refractivity contribution is 7.98. The molecule has 2 heterocycles. The Labute approximate surface area is 185 Å². The Balaban J connectivity index is 1.81. The van der Waals surface area contributed by atoms with Crippen molar-refractivity contribution < 1.29 is 14.7 Å². The van der Waals surface area contributed by atoms with Crippen molar-refractivity contribution in [3.05, 3.63) is 35.4 Å². The van der Waals surface area contributed by atoms with Gasteiger partial charge in [-0.15, -0.1) is 0 Å². The number of hydrogen-bond acceptors (Lipinski definition) is 6. The molecule has 160 valence electrons. The van der Waals surface area contributed by atoms with E-state index in [1.54, 1.807) is 17.8 Å². The second-order valence-electron chi connectivity index (χ2n) is 7.43. The number of nitrogens with one attached hydrogen (secondary N) is 2. The van der Waals surface area contributed by atoms with Gasteiger partial charge in [0, 0.05) is 32.5 Å². The van der Waals surface area contributed by atoms with Crippen LogP contribution in [0.25, 0.3) is 0 Å². The van der Waals surface area contributed by atoms with Gasteiger partial charge in [0.25, 0.3) is 0 Å². The summed E-state index contributed by atoms with van der Waals surface area (Å²) >= 11 is 6.88. The number of carboxylic acid groups (broad SMARTS) is 1. The maximum Gasteiger partial charge on any atom is 0.410 e. The van der Waals surface area contributed by atoms with Crippen molar-refractivity contribution in [1.29, 1.82) is 5.26 Å². The fraction of sp³-hybridized carbons (Fsp3) is 0.500. The molecule has 3 N–H and O–H groups in total. The Morgan fingerprint density at radius 1 is 1.43 bits per heavy atom. The van der Waals surface area contributed by atoms with E-state index in [9.17, 15) is 14.9 Å². The monoisotopic (exact) mass is 447 g/mol. The molecular weight excluding hydrogens is 422 g/mol. The van der Waals surface area contributed by atoms with E-state index in [1.807, 2.05) is 34.3 Å². The molecular formula is C20H25N5O3S2. The Kier molecular flexibility index (Phi) is 7.18. The van der Waals surface area contributed by atoms with Gasteiger partial charge in [-0.25, -0.2) is 4.79 Å². The number of hydrogen-bond donors (Lipinski definition) is 3. The normalized spacial score (nSPS) is 20.3. The van der Waals surface area contributed by atoms with Crippen LogP contribution in [0.3, 0.4) is 0 Å². The topological polar surface area (TPSA) is 109 Å². The molecule has 1 atom stereocenters. The Morgan fingerprint density at radius 3 is 2.77 bits per heavy atom. The lowest BCUT2D eigenvalue weighted by atomic mass is 9.95. The minimum atomic E-state index is -1.18. The number of thioether (sulfide) groups is 1. The summed E-state index contributed by atoms with van der Waals surface area (Å²) in [5.74, 6) is 0.928. The van der Waals surface area contributed by atoms with Gasteiger partial charge in [0.15, 0.2) is 5.11 Å². The van der Waals surface area contributed by atoms with Gasteiger partial charge in [-0.3, -0.25) is 15.4 Å². The number of carbonyl (C=O) groups is 2. The predicted octanol–water partition coefficient (Wildman–Crippen LogP) is 1.96. The fourth-order valence-corrected chi connectivity index (χ4v) is 4.87. The van der Waals surface area contributed by atoms with Gasteiger partial charge >= 0.3 is 6.09 Å². The first-order chi connectivity index (χ1) is 14.4. The van der Waals surface area contributed by atoms with Crippen LogP contribution >= 0.6 is 24.0 Å². The van der Waals surface area contributed by atoms with Gasteiger partial charge in [0.05, 0.1) is 23.3 Å². The lowest BCUT2D eigenvalue weighted by Crippen LogP contribution is -2.60. The van der Waals surface area contributed by atoms with Crippen LogP contribution in [0.4, 0.5) is 4.79 Å². The number of piperidine rings is 1. The van der Waals surface area contributed by atoms with E-state index >= 15 is 0 Å². The summed E-state index contributed by atoms with van der Waals surface area (Å²) in [4.78, 5) is 27.9. The maximum atomic E-state index is 13.3. The van der Waals surface area contributed by atoms with Crippen LogP contribution in [0, 0.1) is 11.3 Å². The molecule has 1 aromatic carbocycles. The van der Waals surface area contributed by atoms with Crippen LogP contribution < -0.4 is 10.6 Å². The minimum absolute atomic E-state index is 0.0523. The highest BCUT2D eigenvalue weighted by atomic mass is 32.2. The maximum absolute atomic E-state index is 13.3. The lowest BCUT2D eigenvalue weighted by Gasteiger charge is -2.45. The molecule has 2 amide bonds.